The van der Waals surface area contributed by atoms with Crippen molar-refractivity contribution >= 4 is 12.6 Å². The van der Waals surface area contributed by atoms with Crippen molar-refractivity contribution < 1.29 is 19.2 Å². The van der Waals surface area contributed by atoms with Crippen LogP contribution in [0.2, 0.25) is 0 Å². The Kier molecular flexibility index (Phi) is 2.30. The number of aliphatic hydroxyl groups is 1. The molecule has 1 aromatic carbocycles. The first-order chi connectivity index (χ1) is 6.63. The van der Waals surface area contributed by atoms with Gasteiger partial charge in [0, 0.05) is 0 Å². The predicted molar refractivity (Wildman–Crippen MR) is 49.4 cm³/mol. The van der Waals surface area contributed by atoms with Gasteiger partial charge in [0.25, 0.3) is 0 Å². The number of hydrogen-bond acceptors (Lipinski definition) is 3. The van der Waals surface area contributed by atoms with E-state index < -0.39 is 12.9 Å². The van der Waals surface area contributed by atoms with Crippen molar-refractivity contribution in [2.45, 2.75) is 19.6 Å². The molecule has 5 heteroatoms. The summed E-state index contributed by atoms with van der Waals surface area (Å²) >= 11 is 0. The largest absolute Gasteiger partial charge is 0.492 e. The van der Waals surface area contributed by atoms with E-state index in [0.717, 1.165) is 0 Å². The molecule has 1 unspecified atom stereocenters. The van der Waals surface area contributed by atoms with Gasteiger partial charge in [-0.15, -0.1) is 0 Å². The van der Waals surface area contributed by atoms with Gasteiger partial charge < -0.3 is 14.8 Å². The van der Waals surface area contributed by atoms with Crippen LogP contribution in [0.4, 0.5) is 4.39 Å². The quantitative estimate of drug-likeness (QED) is 0.626. The molecule has 1 aromatic rings. The summed E-state index contributed by atoms with van der Waals surface area (Å²) in [6, 6.07) is 2.50. The van der Waals surface area contributed by atoms with Crippen LogP contribution in [0.1, 0.15) is 24.2 Å². The van der Waals surface area contributed by atoms with E-state index in [-0.39, 0.29) is 12.7 Å². The monoisotopic (exact) mass is 196 g/mol. The summed E-state index contributed by atoms with van der Waals surface area (Å²) < 4.78 is 18.1. The lowest BCUT2D eigenvalue weighted by Crippen LogP contribution is -2.28. The molecule has 1 heterocycles. The molecule has 0 radical (unpaired) electrons. The minimum Gasteiger partial charge on any atom is -0.423 e. The Balaban J connectivity index is 2.60. The fraction of sp³-hybridized carbons (Fsp3) is 0.333. The number of benzene rings is 1. The van der Waals surface area contributed by atoms with Gasteiger partial charge in [-0.3, -0.25) is 0 Å². The molecule has 1 aliphatic heterocycles. The third-order valence-corrected chi connectivity index (χ3v) is 2.44. The van der Waals surface area contributed by atoms with E-state index in [9.17, 15) is 9.41 Å². The van der Waals surface area contributed by atoms with E-state index in [2.05, 4.69) is 0 Å². The van der Waals surface area contributed by atoms with Gasteiger partial charge in [0.1, 0.15) is 5.82 Å². The van der Waals surface area contributed by atoms with Crippen LogP contribution in [0.5, 0.6) is 0 Å². The fourth-order valence-electron chi connectivity index (χ4n) is 1.86. The Morgan fingerprint density at radius 3 is 2.93 bits per heavy atom. The SMILES string of the molecule is CC1OB(O)c2cc(F)cc(CO)c21. The molecule has 0 spiro atoms. The number of fused-ring (bicyclic) bond motifs is 1. The minimum absolute atomic E-state index is 0.249. The van der Waals surface area contributed by atoms with Crippen LogP contribution in [0.25, 0.3) is 0 Å². The summed E-state index contributed by atoms with van der Waals surface area (Å²) in [5, 5.41) is 18.5. The van der Waals surface area contributed by atoms with Gasteiger partial charge in [-0.2, -0.15) is 0 Å². The molecule has 2 N–H and O–H groups in total. The van der Waals surface area contributed by atoms with Gasteiger partial charge in [-0.05, 0) is 35.6 Å². The number of halogens is 1. The average Bonchev–Trinajstić information content (AvgIpc) is 2.41. The third kappa shape index (κ3) is 1.34. The molecule has 0 aliphatic carbocycles. The molecule has 0 aromatic heterocycles. The molecule has 74 valence electrons. The van der Waals surface area contributed by atoms with Gasteiger partial charge in [0.15, 0.2) is 0 Å². The van der Waals surface area contributed by atoms with Crippen LogP contribution in [0.3, 0.4) is 0 Å². The smallest absolute Gasteiger partial charge is 0.423 e. The standard InChI is InChI=1S/C9H10BFO3/c1-5-9-6(4-12)2-7(11)3-8(9)10(13)14-5/h2-3,5,12-13H,4H2,1H3. The van der Waals surface area contributed by atoms with Crippen LogP contribution in [-0.4, -0.2) is 17.2 Å². The zero-order valence-corrected chi connectivity index (χ0v) is 7.70. The summed E-state index contributed by atoms with van der Waals surface area (Å²) in [6.07, 6.45) is -0.303. The van der Waals surface area contributed by atoms with E-state index in [4.69, 9.17) is 9.76 Å². The molecule has 1 aliphatic rings. The Labute approximate surface area is 81.3 Å². The normalized spacial score (nSPS) is 20.0. The van der Waals surface area contributed by atoms with Crippen molar-refractivity contribution in [3.8, 4) is 0 Å². The predicted octanol–water partition coefficient (Wildman–Crippen LogP) is 0.0967. The van der Waals surface area contributed by atoms with Gasteiger partial charge in [-0.25, -0.2) is 4.39 Å². The fourth-order valence-corrected chi connectivity index (χ4v) is 1.86. The van der Waals surface area contributed by atoms with Crippen LogP contribution in [0.15, 0.2) is 12.1 Å². The minimum atomic E-state index is -1.08. The lowest BCUT2D eigenvalue weighted by atomic mass is 9.78. The second-order valence-electron chi connectivity index (χ2n) is 3.36. The molecule has 0 saturated heterocycles. The number of aliphatic hydroxyl groups excluding tert-OH is 1. The molecule has 0 saturated carbocycles. The van der Waals surface area contributed by atoms with Gasteiger partial charge >= 0.3 is 7.12 Å². The molecule has 14 heavy (non-hydrogen) atoms. The first-order valence-electron chi connectivity index (χ1n) is 4.40. The summed E-state index contributed by atoms with van der Waals surface area (Å²) in [4.78, 5) is 0. The molecular weight excluding hydrogens is 186 g/mol. The molecule has 3 nitrogen and oxygen atoms in total. The van der Waals surface area contributed by atoms with Crippen molar-refractivity contribution in [2.24, 2.45) is 0 Å². The zero-order chi connectivity index (χ0) is 10.3. The van der Waals surface area contributed by atoms with Crippen molar-refractivity contribution in [2.75, 3.05) is 0 Å². The molecule has 0 bridgehead atoms. The lowest BCUT2D eigenvalue weighted by Gasteiger charge is -2.09. The maximum atomic E-state index is 13.0. The van der Waals surface area contributed by atoms with E-state index in [0.29, 0.717) is 16.6 Å². The highest BCUT2D eigenvalue weighted by atomic mass is 19.1. The first kappa shape index (κ1) is 9.64. The van der Waals surface area contributed by atoms with Crippen LogP contribution < -0.4 is 5.46 Å². The van der Waals surface area contributed by atoms with Crippen LogP contribution in [-0.2, 0) is 11.3 Å². The summed E-state index contributed by atoms with van der Waals surface area (Å²) in [6.45, 7) is 1.51. The highest BCUT2D eigenvalue weighted by Crippen LogP contribution is 2.26. The van der Waals surface area contributed by atoms with Crippen molar-refractivity contribution in [1.82, 2.24) is 0 Å². The van der Waals surface area contributed by atoms with E-state index >= 15 is 0 Å². The Morgan fingerprint density at radius 2 is 2.29 bits per heavy atom. The number of rotatable bonds is 1. The zero-order valence-electron chi connectivity index (χ0n) is 7.70. The number of hydrogen-bond donors (Lipinski definition) is 2. The second kappa shape index (κ2) is 3.35. The molecule has 2 rings (SSSR count). The summed E-state index contributed by atoms with van der Waals surface area (Å²) in [5.74, 6) is -0.468. The molecule has 1 atom stereocenters. The Morgan fingerprint density at radius 1 is 1.57 bits per heavy atom. The van der Waals surface area contributed by atoms with Gasteiger partial charge in [0.2, 0.25) is 0 Å². The van der Waals surface area contributed by atoms with E-state index in [1.54, 1.807) is 6.92 Å². The highest BCUT2D eigenvalue weighted by Gasteiger charge is 2.34. The maximum absolute atomic E-state index is 13.0. The van der Waals surface area contributed by atoms with E-state index in [1.165, 1.54) is 12.1 Å². The second-order valence-corrected chi connectivity index (χ2v) is 3.36. The topological polar surface area (TPSA) is 49.7 Å². The average molecular weight is 196 g/mol. The van der Waals surface area contributed by atoms with Crippen molar-refractivity contribution in [3.05, 3.63) is 29.1 Å². The van der Waals surface area contributed by atoms with E-state index in [1.807, 2.05) is 0 Å². The molecule has 0 amide bonds. The van der Waals surface area contributed by atoms with Gasteiger partial charge in [-0.1, -0.05) is 0 Å². The van der Waals surface area contributed by atoms with Gasteiger partial charge in [0.05, 0.1) is 12.7 Å². The highest BCUT2D eigenvalue weighted by molar-refractivity contribution is 6.61. The van der Waals surface area contributed by atoms with Crippen molar-refractivity contribution in [1.29, 1.82) is 0 Å². The summed E-state index contributed by atoms with van der Waals surface area (Å²) in [5.41, 5.74) is 1.59. The maximum Gasteiger partial charge on any atom is 0.492 e. The Hall–Kier alpha value is -0.905. The Bertz CT molecular complexity index is 369. The third-order valence-electron chi connectivity index (χ3n) is 2.44. The van der Waals surface area contributed by atoms with Crippen molar-refractivity contribution in [3.63, 3.8) is 0 Å². The van der Waals surface area contributed by atoms with Crippen LogP contribution >= 0.6 is 0 Å². The summed E-state index contributed by atoms with van der Waals surface area (Å²) in [7, 11) is -1.08. The lowest BCUT2D eigenvalue weighted by molar-refractivity contribution is 0.204. The first-order valence-corrected chi connectivity index (χ1v) is 4.40. The van der Waals surface area contributed by atoms with Crippen LogP contribution in [0, 0.1) is 5.82 Å². The molecular formula is C9H10BFO3. The molecule has 0 fully saturated rings.